The number of rotatable bonds is 9. The number of terminal acetylenes is 1. The molecule has 2 heterocycles. The number of carbonyl (C=O) groups excluding carboxylic acids is 3. The van der Waals surface area contributed by atoms with E-state index < -0.39 is 12.2 Å². The molecule has 2 aromatic rings. The van der Waals surface area contributed by atoms with E-state index in [0.29, 0.717) is 19.5 Å². The summed E-state index contributed by atoms with van der Waals surface area (Å²) >= 11 is 0. The highest BCUT2D eigenvalue weighted by Crippen LogP contribution is 2.31. The number of urea groups is 1. The number of nitrogens with one attached hydrogen (secondary N) is 1. The first-order valence-electron chi connectivity index (χ1n) is 13.5. The van der Waals surface area contributed by atoms with Gasteiger partial charge in [-0.3, -0.25) is 9.59 Å². The van der Waals surface area contributed by atoms with E-state index in [1.165, 1.54) is 17.1 Å². The lowest BCUT2D eigenvalue weighted by atomic mass is 9.91. The molecule has 0 radical (unpaired) electrons. The highest BCUT2D eigenvalue weighted by molar-refractivity contribution is 5.91. The van der Waals surface area contributed by atoms with Crippen molar-refractivity contribution in [3.8, 4) is 12.3 Å². The van der Waals surface area contributed by atoms with Crippen molar-refractivity contribution < 1.29 is 18.8 Å². The van der Waals surface area contributed by atoms with Crippen molar-refractivity contribution in [2.45, 2.75) is 51.9 Å². The quantitative estimate of drug-likeness (QED) is 0.502. The van der Waals surface area contributed by atoms with E-state index in [4.69, 9.17) is 6.42 Å². The van der Waals surface area contributed by atoms with E-state index in [1.54, 1.807) is 26.9 Å². The number of hydrogen-bond donors (Lipinski definition) is 1. The number of hydrogen-bond acceptors (Lipinski definition) is 4. The first kappa shape index (κ1) is 28.1. The van der Waals surface area contributed by atoms with Crippen LogP contribution in [0.25, 0.3) is 0 Å². The van der Waals surface area contributed by atoms with E-state index in [1.807, 2.05) is 44.2 Å². The molecule has 0 saturated carbocycles. The molecule has 0 spiro atoms. The third kappa shape index (κ3) is 6.40. The number of nitrogens with zero attached hydrogens (tertiary/aromatic N) is 4. The summed E-state index contributed by atoms with van der Waals surface area (Å²) in [6.45, 7) is 4.86. The molecule has 3 atom stereocenters. The molecule has 2 aliphatic rings. The molecule has 0 aliphatic carbocycles. The van der Waals surface area contributed by atoms with Crippen molar-refractivity contribution in [3.63, 3.8) is 0 Å². The van der Waals surface area contributed by atoms with Crippen molar-refractivity contribution >= 4 is 17.8 Å². The maximum atomic E-state index is 13.8. The fourth-order valence-corrected chi connectivity index (χ4v) is 5.49. The van der Waals surface area contributed by atoms with Gasteiger partial charge in [-0.05, 0) is 42.0 Å². The van der Waals surface area contributed by atoms with Crippen LogP contribution in [-0.4, -0.2) is 76.0 Å². The first-order chi connectivity index (χ1) is 18.8. The van der Waals surface area contributed by atoms with Gasteiger partial charge in [-0.15, -0.1) is 6.42 Å². The highest BCUT2D eigenvalue weighted by Gasteiger charge is 2.52. The zero-order valence-corrected chi connectivity index (χ0v) is 22.6. The van der Waals surface area contributed by atoms with Gasteiger partial charge in [0.25, 0.3) is 0 Å². The van der Waals surface area contributed by atoms with Crippen molar-refractivity contribution in [2.24, 2.45) is 5.92 Å². The van der Waals surface area contributed by atoms with Gasteiger partial charge in [0.2, 0.25) is 11.8 Å². The number of piperazine rings is 1. The molecule has 8 nitrogen and oxygen atoms in total. The second kappa shape index (κ2) is 12.8. The van der Waals surface area contributed by atoms with Gasteiger partial charge in [0.05, 0.1) is 19.6 Å². The van der Waals surface area contributed by atoms with Gasteiger partial charge in [0, 0.05) is 13.1 Å². The van der Waals surface area contributed by atoms with Gasteiger partial charge in [0.1, 0.15) is 18.0 Å². The molecule has 206 valence electrons. The standard InChI is InChI=1S/C30H36FN5O3/c1-4-9-22(3)28-29(38)33(18-16-23-12-14-25(31)15-13-23)20-26-35(28)27(37)21-34(17-5-2)36(26)30(39)32-19-24-10-7-6-8-11-24/h2,6-8,10-15,22,26,28H,4,9,16-21H2,1,3H3,(H,32,39)/t22?,26-,28-/m0/s1. The minimum Gasteiger partial charge on any atom is -0.337 e. The molecule has 2 saturated heterocycles. The molecule has 2 aromatic carbocycles. The summed E-state index contributed by atoms with van der Waals surface area (Å²) in [6.07, 6.45) is 7.06. The van der Waals surface area contributed by atoms with Crippen LogP contribution in [0.3, 0.4) is 0 Å². The van der Waals surface area contributed by atoms with Gasteiger partial charge in [-0.25, -0.2) is 14.2 Å². The number of fused-ring (bicyclic) bond motifs is 1. The van der Waals surface area contributed by atoms with Crippen LogP contribution in [-0.2, 0) is 22.6 Å². The van der Waals surface area contributed by atoms with Crippen molar-refractivity contribution in [2.75, 3.05) is 26.2 Å². The van der Waals surface area contributed by atoms with Crippen LogP contribution in [0.5, 0.6) is 0 Å². The van der Waals surface area contributed by atoms with Crippen LogP contribution >= 0.6 is 0 Å². The van der Waals surface area contributed by atoms with Crippen LogP contribution in [0.4, 0.5) is 9.18 Å². The Morgan fingerprint density at radius 1 is 1.13 bits per heavy atom. The lowest BCUT2D eigenvalue weighted by Crippen LogP contribution is -2.77. The summed E-state index contributed by atoms with van der Waals surface area (Å²) in [7, 11) is 0. The summed E-state index contributed by atoms with van der Waals surface area (Å²) in [4.78, 5) is 44.3. The molecule has 2 fully saturated rings. The van der Waals surface area contributed by atoms with Crippen LogP contribution in [0.1, 0.15) is 37.8 Å². The molecule has 9 heteroatoms. The van der Waals surface area contributed by atoms with Crippen molar-refractivity contribution in [1.82, 2.24) is 25.1 Å². The monoisotopic (exact) mass is 533 g/mol. The molecule has 1 N–H and O–H groups in total. The normalized spacial score (nSPS) is 20.4. The second-order valence-corrected chi connectivity index (χ2v) is 10.2. The fraction of sp³-hybridized carbons (Fsp3) is 0.433. The number of halogens is 1. The van der Waals surface area contributed by atoms with Crippen LogP contribution in [0.15, 0.2) is 54.6 Å². The molecule has 4 rings (SSSR count). The Balaban J connectivity index is 1.63. The van der Waals surface area contributed by atoms with Crippen LogP contribution in [0, 0.1) is 24.1 Å². The number of hydrazine groups is 1. The van der Waals surface area contributed by atoms with E-state index in [-0.39, 0.29) is 49.2 Å². The molecule has 39 heavy (non-hydrogen) atoms. The highest BCUT2D eigenvalue weighted by atomic mass is 19.1. The average molecular weight is 534 g/mol. The zero-order valence-electron chi connectivity index (χ0n) is 22.6. The Morgan fingerprint density at radius 3 is 2.51 bits per heavy atom. The van der Waals surface area contributed by atoms with Crippen LogP contribution < -0.4 is 5.32 Å². The number of amides is 4. The second-order valence-electron chi connectivity index (χ2n) is 10.2. The minimum absolute atomic E-state index is 0.0769. The lowest BCUT2D eigenvalue weighted by Gasteiger charge is -2.56. The maximum absolute atomic E-state index is 13.8. The smallest absolute Gasteiger partial charge is 0.334 e. The Bertz CT molecular complexity index is 1200. The number of benzene rings is 2. The summed E-state index contributed by atoms with van der Waals surface area (Å²) < 4.78 is 13.4. The predicted molar refractivity (Wildman–Crippen MR) is 146 cm³/mol. The summed E-state index contributed by atoms with van der Waals surface area (Å²) in [6, 6.07) is 14.7. The van der Waals surface area contributed by atoms with Gasteiger partial charge < -0.3 is 15.1 Å². The van der Waals surface area contributed by atoms with E-state index in [9.17, 15) is 18.8 Å². The Kier molecular flexibility index (Phi) is 9.20. The van der Waals surface area contributed by atoms with E-state index in [0.717, 1.165) is 24.0 Å². The summed E-state index contributed by atoms with van der Waals surface area (Å²) in [5, 5.41) is 6.07. The SMILES string of the molecule is C#CCN1CC(=O)N2[C@@H](C(C)CCC)C(=O)N(CCc3ccc(F)cc3)C[C@@H]2N1C(=O)NCc1ccccc1. The number of carbonyl (C=O) groups is 3. The van der Waals surface area contributed by atoms with Gasteiger partial charge in [-0.1, -0.05) is 68.7 Å². The fourth-order valence-electron chi connectivity index (χ4n) is 5.49. The van der Waals surface area contributed by atoms with Crippen molar-refractivity contribution in [1.29, 1.82) is 0 Å². The largest absolute Gasteiger partial charge is 0.337 e. The van der Waals surface area contributed by atoms with Crippen LogP contribution in [0.2, 0.25) is 0 Å². The Morgan fingerprint density at radius 2 is 1.85 bits per heavy atom. The molecule has 0 bridgehead atoms. The van der Waals surface area contributed by atoms with Crippen molar-refractivity contribution in [3.05, 3.63) is 71.5 Å². The Hall–Kier alpha value is -3.90. The Labute approximate surface area is 229 Å². The molecule has 0 aromatic heterocycles. The first-order valence-corrected chi connectivity index (χ1v) is 13.5. The van der Waals surface area contributed by atoms with E-state index in [2.05, 4.69) is 11.2 Å². The van der Waals surface area contributed by atoms with E-state index >= 15 is 0 Å². The zero-order chi connectivity index (χ0) is 27.9. The average Bonchev–Trinajstić information content (AvgIpc) is 2.93. The molecule has 1 unspecified atom stereocenters. The minimum atomic E-state index is -0.703. The topological polar surface area (TPSA) is 76.2 Å². The maximum Gasteiger partial charge on any atom is 0.334 e. The third-order valence-electron chi connectivity index (χ3n) is 7.40. The van der Waals surface area contributed by atoms with Gasteiger partial charge in [-0.2, -0.15) is 5.01 Å². The summed E-state index contributed by atoms with van der Waals surface area (Å²) in [5.41, 5.74) is 1.84. The molecule has 2 aliphatic heterocycles. The molecular formula is C30H36FN5O3. The third-order valence-corrected chi connectivity index (χ3v) is 7.40. The predicted octanol–water partition coefficient (Wildman–Crippen LogP) is 3.25. The molecule has 4 amide bonds. The lowest BCUT2D eigenvalue weighted by molar-refractivity contribution is -0.192. The van der Waals surface area contributed by atoms with Gasteiger partial charge in [0.15, 0.2) is 0 Å². The molecular weight excluding hydrogens is 497 g/mol. The summed E-state index contributed by atoms with van der Waals surface area (Å²) in [5.74, 6) is 1.80. The van der Waals surface area contributed by atoms with Gasteiger partial charge >= 0.3 is 6.03 Å².